The van der Waals surface area contributed by atoms with E-state index in [0.29, 0.717) is 6.42 Å². The molecule has 0 aromatic rings. The van der Waals surface area contributed by atoms with Crippen LogP contribution in [0.5, 0.6) is 0 Å². The van der Waals surface area contributed by atoms with E-state index in [2.05, 4.69) is 11.8 Å². The summed E-state index contributed by atoms with van der Waals surface area (Å²) in [6.07, 6.45) is 4.42. The highest BCUT2D eigenvalue weighted by molar-refractivity contribution is 5.85. The Kier molecular flexibility index (Phi) is 6.02. The van der Waals surface area contributed by atoms with Crippen molar-refractivity contribution in [1.29, 1.82) is 0 Å². The van der Waals surface area contributed by atoms with Crippen molar-refractivity contribution in [2.75, 3.05) is 6.61 Å². The van der Waals surface area contributed by atoms with Crippen LogP contribution < -0.4 is 5.73 Å². The average molecular weight is 216 g/mol. The summed E-state index contributed by atoms with van der Waals surface area (Å²) in [4.78, 5) is 11.3. The van der Waals surface area contributed by atoms with Crippen LogP contribution in [0.2, 0.25) is 0 Å². The third-order valence-electron chi connectivity index (χ3n) is 1.98. The molecule has 0 bridgehead atoms. The number of hydrogen-bond acceptors (Lipinski definition) is 3. The summed E-state index contributed by atoms with van der Waals surface area (Å²) in [5.41, 5.74) is 5.66. The minimum absolute atomic E-state index is 0. The standard InChI is InChI=1S/C10H13NO2.ClH/c1-2-3-7-13-10(12)8-5-4-6-9(8)11;/h4,6,8-9H,5,7,11H2,1H3;1H/t8-,9+;/m0./s1. The first-order valence-electron chi connectivity index (χ1n) is 4.24. The van der Waals surface area contributed by atoms with Gasteiger partial charge in [0.1, 0.15) is 0 Å². The van der Waals surface area contributed by atoms with Crippen LogP contribution in [-0.4, -0.2) is 18.6 Å². The summed E-state index contributed by atoms with van der Waals surface area (Å²) in [6.45, 7) is 1.87. The number of ether oxygens (including phenoxy) is 1. The number of hydrogen-bond donors (Lipinski definition) is 1. The quantitative estimate of drug-likeness (QED) is 0.423. The van der Waals surface area contributed by atoms with Gasteiger partial charge in [0.25, 0.3) is 0 Å². The minimum Gasteiger partial charge on any atom is -0.452 e. The van der Waals surface area contributed by atoms with E-state index in [4.69, 9.17) is 10.5 Å². The van der Waals surface area contributed by atoms with E-state index in [1.165, 1.54) is 0 Å². The van der Waals surface area contributed by atoms with Crippen molar-refractivity contribution in [1.82, 2.24) is 0 Å². The summed E-state index contributed by atoms with van der Waals surface area (Å²) >= 11 is 0. The molecular formula is C10H14ClNO2. The van der Waals surface area contributed by atoms with Crippen molar-refractivity contribution < 1.29 is 9.53 Å². The van der Waals surface area contributed by atoms with Gasteiger partial charge in [0, 0.05) is 6.04 Å². The summed E-state index contributed by atoms with van der Waals surface area (Å²) in [6, 6.07) is -0.193. The van der Waals surface area contributed by atoms with Crippen molar-refractivity contribution >= 4 is 18.4 Å². The van der Waals surface area contributed by atoms with Crippen molar-refractivity contribution in [3.8, 4) is 11.8 Å². The van der Waals surface area contributed by atoms with E-state index < -0.39 is 0 Å². The predicted octanol–water partition coefficient (Wildman–Crippen LogP) is 0.878. The van der Waals surface area contributed by atoms with E-state index in [9.17, 15) is 4.79 Å². The third kappa shape index (κ3) is 3.41. The fourth-order valence-corrected chi connectivity index (χ4v) is 1.21. The maximum absolute atomic E-state index is 11.3. The van der Waals surface area contributed by atoms with Gasteiger partial charge in [-0.3, -0.25) is 4.79 Å². The van der Waals surface area contributed by atoms with Crippen LogP contribution in [0.1, 0.15) is 13.3 Å². The first-order valence-corrected chi connectivity index (χ1v) is 4.24. The molecule has 0 heterocycles. The Labute approximate surface area is 90.1 Å². The van der Waals surface area contributed by atoms with Gasteiger partial charge in [-0.25, -0.2) is 0 Å². The third-order valence-corrected chi connectivity index (χ3v) is 1.98. The Morgan fingerprint density at radius 1 is 1.71 bits per heavy atom. The molecule has 1 aliphatic rings. The Morgan fingerprint density at radius 2 is 2.43 bits per heavy atom. The van der Waals surface area contributed by atoms with E-state index in [0.717, 1.165) is 0 Å². The minimum atomic E-state index is -0.250. The second kappa shape index (κ2) is 6.47. The lowest BCUT2D eigenvalue weighted by Crippen LogP contribution is -2.32. The maximum Gasteiger partial charge on any atom is 0.312 e. The van der Waals surface area contributed by atoms with Crippen LogP contribution in [0.25, 0.3) is 0 Å². The summed E-state index contributed by atoms with van der Waals surface area (Å²) in [7, 11) is 0. The number of nitrogens with two attached hydrogens (primary N) is 1. The topological polar surface area (TPSA) is 52.3 Å². The molecule has 2 atom stereocenters. The molecule has 0 aromatic carbocycles. The highest BCUT2D eigenvalue weighted by Gasteiger charge is 2.27. The zero-order chi connectivity index (χ0) is 9.68. The summed E-state index contributed by atoms with van der Waals surface area (Å²) in [5, 5.41) is 0. The predicted molar refractivity (Wildman–Crippen MR) is 56.9 cm³/mol. The maximum atomic E-state index is 11.3. The van der Waals surface area contributed by atoms with Crippen LogP contribution >= 0.6 is 12.4 Å². The van der Waals surface area contributed by atoms with Crippen LogP contribution in [-0.2, 0) is 9.53 Å². The number of carbonyl (C=O) groups is 1. The van der Waals surface area contributed by atoms with Crippen LogP contribution in [0, 0.1) is 17.8 Å². The zero-order valence-corrected chi connectivity index (χ0v) is 8.84. The van der Waals surface area contributed by atoms with Gasteiger partial charge in [0.05, 0.1) is 5.92 Å². The average Bonchev–Trinajstić information content (AvgIpc) is 2.52. The Hall–Kier alpha value is -0.980. The lowest BCUT2D eigenvalue weighted by Gasteiger charge is -2.12. The largest absolute Gasteiger partial charge is 0.452 e. The SMILES string of the molecule is CC#CCOC(=O)[C@H]1CC=C[C@H]1N.Cl. The van der Waals surface area contributed by atoms with Gasteiger partial charge < -0.3 is 10.5 Å². The molecule has 0 amide bonds. The van der Waals surface area contributed by atoms with Gasteiger partial charge in [-0.2, -0.15) is 0 Å². The molecule has 1 aliphatic carbocycles. The fourth-order valence-electron chi connectivity index (χ4n) is 1.21. The van der Waals surface area contributed by atoms with E-state index >= 15 is 0 Å². The molecular weight excluding hydrogens is 202 g/mol. The molecule has 78 valence electrons. The lowest BCUT2D eigenvalue weighted by molar-refractivity contribution is -0.146. The first kappa shape index (κ1) is 13.0. The van der Waals surface area contributed by atoms with Crippen molar-refractivity contribution in [3.05, 3.63) is 12.2 Å². The van der Waals surface area contributed by atoms with Crippen molar-refractivity contribution in [3.63, 3.8) is 0 Å². The van der Waals surface area contributed by atoms with Gasteiger partial charge in [0.15, 0.2) is 6.61 Å². The Bertz CT molecular complexity index is 278. The molecule has 0 radical (unpaired) electrons. The molecule has 2 N–H and O–H groups in total. The van der Waals surface area contributed by atoms with E-state index in [1.54, 1.807) is 6.92 Å². The van der Waals surface area contributed by atoms with Gasteiger partial charge in [-0.05, 0) is 13.3 Å². The molecule has 3 nitrogen and oxygen atoms in total. The Morgan fingerprint density at radius 3 is 2.93 bits per heavy atom. The zero-order valence-electron chi connectivity index (χ0n) is 8.03. The molecule has 0 saturated carbocycles. The first-order chi connectivity index (χ1) is 6.25. The van der Waals surface area contributed by atoms with Gasteiger partial charge in [-0.1, -0.05) is 18.1 Å². The molecule has 0 fully saturated rings. The number of halogens is 1. The molecule has 0 aromatic heterocycles. The van der Waals surface area contributed by atoms with Gasteiger partial charge >= 0.3 is 5.97 Å². The Balaban J connectivity index is 0.00000169. The van der Waals surface area contributed by atoms with Crippen molar-refractivity contribution in [2.24, 2.45) is 11.7 Å². The number of esters is 1. The number of carbonyl (C=O) groups excluding carboxylic acids is 1. The second-order valence-corrected chi connectivity index (χ2v) is 2.88. The fraction of sp³-hybridized carbons (Fsp3) is 0.500. The number of rotatable bonds is 2. The van der Waals surface area contributed by atoms with Crippen molar-refractivity contribution in [2.45, 2.75) is 19.4 Å². The molecule has 0 saturated heterocycles. The van der Waals surface area contributed by atoms with Crippen LogP contribution in [0.4, 0.5) is 0 Å². The van der Waals surface area contributed by atoms with Gasteiger partial charge in [-0.15, -0.1) is 18.3 Å². The normalized spacial score (nSPS) is 23.3. The summed E-state index contributed by atoms with van der Waals surface area (Å²) < 4.78 is 4.90. The molecule has 0 spiro atoms. The highest BCUT2D eigenvalue weighted by atomic mass is 35.5. The van der Waals surface area contributed by atoms with Crippen LogP contribution in [0.15, 0.2) is 12.2 Å². The van der Waals surface area contributed by atoms with E-state index in [1.807, 2.05) is 12.2 Å². The lowest BCUT2D eigenvalue weighted by atomic mass is 10.0. The smallest absolute Gasteiger partial charge is 0.312 e. The monoisotopic (exact) mass is 215 g/mol. The summed E-state index contributed by atoms with van der Waals surface area (Å²) in [5.74, 6) is 4.85. The number of allylic oxidation sites excluding steroid dienone is 1. The highest BCUT2D eigenvalue weighted by Crippen LogP contribution is 2.18. The molecule has 0 unspecified atom stereocenters. The molecule has 0 aliphatic heterocycles. The molecule has 4 heteroatoms. The second-order valence-electron chi connectivity index (χ2n) is 2.88. The van der Waals surface area contributed by atoms with E-state index in [-0.39, 0.29) is 36.9 Å². The van der Waals surface area contributed by atoms with Gasteiger partial charge in [0.2, 0.25) is 0 Å². The molecule has 1 rings (SSSR count). The van der Waals surface area contributed by atoms with Crippen LogP contribution in [0.3, 0.4) is 0 Å². The molecule has 14 heavy (non-hydrogen) atoms.